The lowest BCUT2D eigenvalue weighted by Gasteiger charge is -2.10. The van der Waals surface area contributed by atoms with Crippen molar-refractivity contribution >= 4 is 23.9 Å². The van der Waals surface area contributed by atoms with E-state index in [1.165, 1.54) is 17.8 Å². The Bertz CT molecular complexity index is 1230. The number of aromatic nitrogens is 3. The number of carbonyl (C=O) groups is 1. The molecule has 9 heteroatoms. The lowest BCUT2D eigenvalue weighted by Crippen LogP contribution is -2.20. The minimum atomic E-state index is -0.762. The molecule has 0 unspecified atom stereocenters. The molecule has 0 atom stereocenters. The van der Waals surface area contributed by atoms with Gasteiger partial charge in [0.05, 0.1) is 17.5 Å². The van der Waals surface area contributed by atoms with Crippen molar-refractivity contribution in [2.24, 2.45) is 5.10 Å². The second-order valence-electron chi connectivity index (χ2n) is 6.56. The number of halogens is 2. The van der Waals surface area contributed by atoms with Gasteiger partial charge in [0.1, 0.15) is 11.6 Å². The monoisotopic (exact) mass is 449 g/mol. The van der Waals surface area contributed by atoms with Crippen molar-refractivity contribution in [3.63, 3.8) is 0 Å². The summed E-state index contributed by atoms with van der Waals surface area (Å²) in [7, 11) is 0. The van der Waals surface area contributed by atoms with Crippen molar-refractivity contribution in [3.8, 4) is 17.1 Å². The van der Waals surface area contributed by atoms with Crippen molar-refractivity contribution in [2.45, 2.75) is 5.16 Å². The Labute approximate surface area is 187 Å². The molecule has 0 radical (unpaired) electrons. The van der Waals surface area contributed by atoms with E-state index >= 15 is 0 Å². The van der Waals surface area contributed by atoms with Gasteiger partial charge in [-0.2, -0.15) is 5.10 Å². The number of hydrogen-bond acceptors (Lipinski definition) is 5. The van der Waals surface area contributed by atoms with E-state index in [4.69, 9.17) is 0 Å². The van der Waals surface area contributed by atoms with Crippen molar-refractivity contribution in [3.05, 3.63) is 96.1 Å². The number of carbonyl (C=O) groups excluding carboxylic acids is 1. The molecule has 1 N–H and O–H groups in total. The van der Waals surface area contributed by atoms with Crippen LogP contribution in [-0.2, 0) is 4.79 Å². The first-order valence-corrected chi connectivity index (χ1v) is 10.6. The summed E-state index contributed by atoms with van der Waals surface area (Å²) in [5, 5.41) is 12.7. The SMILES string of the molecule is O=C(CSc1nnc(-c2ccccc2)n1-c1ccccc1)N/N=C/c1c(F)cccc1F. The molecule has 0 fully saturated rings. The topological polar surface area (TPSA) is 72.2 Å². The van der Waals surface area contributed by atoms with Gasteiger partial charge in [-0.3, -0.25) is 9.36 Å². The van der Waals surface area contributed by atoms with Gasteiger partial charge in [0, 0.05) is 11.3 Å². The van der Waals surface area contributed by atoms with Gasteiger partial charge in [0.15, 0.2) is 11.0 Å². The Morgan fingerprint density at radius 1 is 0.938 bits per heavy atom. The normalized spacial score (nSPS) is 11.1. The highest BCUT2D eigenvalue weighted by Crippen LogP contribution is 2.27. The minimum absolute atomic E-state index is 0.0170. The number of thioether (sulfide) groups is 1. The van der Waals surface area contributed by atoms with Gasteiger partial charge < -0.3 is 0 Å². The largest absolute Gasteiger partial charge is 0.272 e. The van der Waals surface area contributed by atoms with E-state index in [1.54, 1.807) is 0 Å². The fourth-order valence-electron chi connectivity index (χ4n) is 2.91. The molecular weight excluding hydrogens is 432 g/mol. The Hall–Kier alpha value is -3.85. The van der Waals surface area contributed by atoms with Gasteiger partial charge in [0.2, 0.25) is 0 Å². The van der Waals surface area contributed by atoms with E-state index in [0.29, 0.717) is 11.0 Å². The van der Waals surface area contributed by atoms with Crippen LogP contribution in [0.5, 0.6) is 0 Å². The Morgan fingerprint density at radius 3 is 2.28 bits per heavy atom. The summed E-state index contributed by atoms with van der Waals surface area (Å²) in [5.74, 6) is -1.35. The van der Waals surface area contributed by atoms with Gasteiger partial charge in [-0.05, 0) is 24.3 Å². The molecule has 160 valence electrons. The maximum Gasteiger partial charge on any atom is 0.250 e. The van der Waals surface area contributed by atoms with Gasteiger partial charge in [-0.15, -0.1) is 10.2 Å². The third-order valence-electron chi connectivity index (χ3n) is 4.39. The summed E-state index contributed by atoms with van der Waals surface area (Å²) >= 11 is 1.17. The third-order valence-corrected chi connectivity index (χ3v) is 5.32. The predicted octanol–water partition coefficient (Wildman–Crippen LogP) is 4.45. The van der Waals surface area contributed by atoms with E-state index in [0.717, 1.165) is 29.6 Å². The number of para-hydroxylation sites is 1. The minimum Gasteiger partial charge on any atom is -0.272 e. The first-order valence-electron chi connectivity index (χ1n) is 9.58. The molecule has 6 nitrogen and oxygen atoms in total. The maximum atomic E-state index is 13.6. The molecule has 4 rings (SSSR count). The summed E-state index contributed by atoms with van der Waals surface area (Å²) in [6.07, 6.45) is 0.938. The molecule has 0 spiro atoms. The number of amides is 1. The number of nitrogens with one attached hydrogen (secondary N) is 1. The molecule has 1 aromatic heterocycles. The molecule has 4 aromatic rings. The molecule has 0 bridgehead atoms. The zero-order valence-electron chi connectivity index (χ0n) is 16.7. The quantitative estimate of drug-likeness (QED) is 0.257. The molecule has 0 aliphatic heterocycles. The zero-order valence-corrected chi connectivity index (χ0v) is 17.5. The first-order chi connectivity index (χ1) is 15.6. The van der Waals surface area contributed by atoms with Crippen LogP contribution in [0.25, 0.3) is 17.1 Å². The molecule has 1 heterocycles. The fourth-order valence-corrected chi connectivity index (χ4v) is 3.66. The molecule has 32 heavy (non-hydrogen) atoms. The Morgan fingerprint density at radius 2 is 1.59 bits per heavy atom. The van der Waals surface area contributed by atoms with E-state index in [-0.39, 0.29) is 11.3 Å². The highest BCUT2D eigenvalue weighted by molar-refractivity contribution is 7.99. The maximum absolute atomic E-state index is 13.6. The first kappa shape index (κ1) is 21.4. The molecule has 1 amide bonds. The molecule has 0 aliphatic carbocycles. The van der Waals surface area contributed by atoms with Crippen LogP contribution in [-0.4, -0.2) is 32.6 Å². The summed E-state index contributed by atoms with van der Waals surface area (Å²) in [4.78, 5) is 12.2. The molecule has 0 aliphatic rings. The van der Waals surface area contributed by atoms with Crippen LogP contribution >= 0.6 is 11.8 Å². The van der Waals surface area contributed by atoms with Crippen LogP contribution in [0.4, 0.5) is 8.78 Å². The van der Waals surface area contributed by atoms with Crippen LogP contribution in [0.1, 0.15) is 5.56 Å². The summed E-state index contributed by atoms with van der Waals surface area (Å²) in [6, 6.07) is 22.7. The number of hydrogen-bond donors (Lipinski definition) is 1. The average Bonchev–Trinajstić information content (AvgIpc) is 3.25. The number of rotatable bonds is 7. The van der Waals surface area contributed by atoms with E-state index in [9.17, 15) is 13.6 Å². The molecule has 0 saturated heterocycles. The smallest absolute Gasteiger partial charge is 0.250 e. The van der Waals surface area contributed by atoms with Crippen molar-refractivity contribution in [1.29, 1.82) is 0 Å². The van der Waals surface area contributed by atoms with Gasteiger partial charge >= 0.3 is 0 Å². The van der Waals surface area contributed by atoms with E-state index < -0.39 is 17.5 Å². The molecular formula is C23H17F2N5OS. The van der Waals surface area contributed by atoms with Crippen LogP contribution in [0, 0.1) is 11.6 Å². The van der Waals surface area contributed by atoms with Crippen molar-refractivity contribution in [1.82, 2.24) is 20.2 Å². The number of hydrazone groups is 1. The predicted molar refractivity (Wildman–Crippen MR) is 120 cm³/mol. The Kier molecular flexibility index (Phi) is 6.66. The van der Waals surface area contributed by atoms with Crippen molar-refractivity contribution < 1.29 is 13.6 Å². The second kappa shape index (κ2) is 9.97. The highest BCUT2D eigenvalue weighted by Gasteiger charge is 2.17. The average molecular weight is 449 g/mol. The summed E-state index contributed by atoms with van der Waals surface area (Å²) in [6.45, 7) is 0. The van der Waals surface area contributed by atoms with E-state index in [1.807, 2.05) is 65.2 Å². The van der Waals surface area contributed by atoms with Crippen LogP contribution in [0.3, 0.4) is 0 Å². The van der Waals surface area contributed by atoms with Gasteiger partial charge in [-0.1, -0.05) is 66.4 Å². The summed E-state index contributed by atoms with van der Waals surface area (Å²) < 4.78 is 29.1. The zero-order chi connectivity index (χ0) is 22.3. The fraction of sp³-hybridized carbons (Fsp3) is 0.0435. The lowest BCUT2D eigenvalue weighted by molar-refractivity contribution is -0.118. The van der Waals surface area contributed by atoms with Crippen LogP contribution in [0.15, 0.2) is 89.1 Å². The van der Waals surface area contributed by atoms with Crippen molar-refractivity contribution in [2.75, 3.05) is 5.75 Å². The lowest BCUT2D eigenvalue weighted by atomic mass is 10.2. The molecule has 3 aromatic carbocycles. The Balaban J connectivity index is 1.49. The number of benzene rings is 3. The van der Waals surface area contributed by atoms with Gasteiger partial charge in [0.25, 0.3) is 5.91 Å². The third kappa shape index (κ3) is 4.89. The van der Waals surface area contributed by atoms with Gasteiger partial charge in [-0.25, -0.2) is 14.2 Å². The van der Waals surface area contributed by atoms with Crippen LogP contribution < -0.4 is 5.43 Å². The molecule has 0 saturated carbocycles. The summed E-state index contributed by atoms with van der Waals surface area (Å²) in [5.41, 5.74) is 3.69. The highest BCUT2D eigenvalue weighted by atomic mass is 32.2. The van der Waals surface area contributed by atoms with Crippen LogP contribution in [0.2, 0.25) is 0 Å². The second-order valence-corrected chi connectivity index (χ2v) is 7.50. The number of nitrogens with zero attached hydrogens (tertiary/aromatic N) is 4. The van der Waals surface area contributed by atoms with E-state index in [2.05, 4.69) is 20.7 Å². The standard InChI is InChI=1S/C23H17F2N5OS/c24-19-12-7-13-20(25)18(19)14-26-27-21(31)15-32-23-29-28-22(16-8-3-1-4-9-16)30(23)17-10-5-2-6-11-17/h1-14H,15H2,(H,27,31)/b26-14+.